The van der Waals surface area contributed by atoms with E-state index in [4.69, 9.17) is 52.3 Å². The zero-order chi connectivity index (χ0) is 31.2. The monoisotopic (exact) mass is 558 g/mol. The summed E-state index contributed by atoms with van der Waals surface area (Å²) >= 11 is 0. The smallest absolute Gasteiger partial charge is 0.372 e. The minimum Gasteiger partial charge on any atom is -0.481 e. The Labute approximate surface area is 211 Å². The van der Waals surface area contributed by atoms with Gasteiger partial charge in [-0.3, -0.25) is 38.4 Å². The third kappa shape index (κ3) is 33.2. The van der Waals surface area contributed by atoms with Crippen molar-refractivity contribution in [2.75, 3.05) is 0 Å². The highest BCUT2D eigenvalue weighted by molar-refractivity contribution is 6.35. The van der Waals surface area contributed by atoms with Crippen LogP contribution in [0.15, 0.2) is 0 Å². The first-order valence-electron chi connectivity index (χ1n) is 9.51. The van der Waals surface area contributed by atoms with E-state index >= 15 is 0 Å². The Morgan fingerprint density at radius 3 is 1.08 bits per heavy atom. The van der Waals surface area contributed by atoms with Crippen molar-refractivity contribution in [2.24, 2.45) is 11.5 Å². The summed E-state index contributed by atoms with van der Waals surface area (Å²) in [4.78, 5) is 98.4. The summed E-state index contributed by atoms with van der Waals surface area (Å²) in [6.07, 6.45) is -2.57. The SMILES string of the molecule is N[C@@H](CC(=O)O)C(=O)O.N[C@@H](CCC(=O)O)C(=O)O.O=C(O)CC(=O)C(=O)O.O=C(O)CCC(=O)C(=O)O. The molecule has 0 saturated carbocycles. The van der Waals surface area contributed by atoms with E-state index < -0.39 is 97.1 Å². The number of rotatable bonds is 14. The third-order valence-corrected chi connectivity index (χ3v) is 3.05. The second-order valence-electron chi connectivity index (χ2n) is 6.34. The van der Waals surface area contributed by atoms with Gasteiger partial charge in [0.1, 0.15) is 18.5 Å². The molecule has 0 fully saturated rings. The van der Waals surface area contributed by atoms with Gasteiger partial charge in [0.2, 0.25) is 5.78 Å². The maximum atomic E-state index is 10.2. The highest BCUT2D eigenvalue weighted by atomic mass is 16.4. The van der Waals surface area contributed by atoms with Gasteiger partial charge in [-0.2, -0.15) is 0 Å². The lowest BCUT2D eigenvalue weighted by atomic mass is 10.2. The van der Waals surface area contributed by atoms with E-state index in [1.54, 1.807) is 0 Å². The Hall–Kier alpha value is -4.98. The number of hydrogen-bond acceptors (Lipinski definition) is 12. The summed E-state index contributed by atoms with van der Waals surface area (Å²) < 4.78 is 0. The maximum absolute atomic E-state index is 10.2. The van der Waals surface area contributed by atoms with Gasteiger partial charge in [-0.1, -0.05) is 0 Å². The fourth-order valence-corrected chi connectivity index (χ4v) is 1.22. The quantitative estimate of drug-likeness (QED) is 0.0738. The van der Waals surface area contributed by atoms with E-state index in [1.807, 2.05) is 0 Å². The van der Waals surface area contributed by atoms with Crippen LogP contribution in [-0.4, -0.2) is 112 Å². The Kier molecular flexibility index (Phi) is 23.8. The largest absolute Gasteiger partial charge is 0.481 e. The first-order valence-corrected chi connectivity index (χ1v) is 9.51. The summed E-state index contributed by atoms with van der Waals surface area (Å²) in [7, 11) is 0. The predicted octanol–water partition coefficient (Wildman–Crippen LogP) is -3.24. The number of Topliss-reactive ketones (excluding diaryl/α,β-unsaturated/α-hetero) is 2. The zero-order valence-corrected chi connectivity index (χ0v) is 19.2. The molecular weight excluding hydrogens is 532 g/mol. The molecule has 0 aromatic carbocycles. The van der Waals surface area contributed by atoms with Crippen LogP contribution in [0.4, 0.5) is 0 Å². The van der Waals surface area contributed by atoms with Gasteiger partial charge in [0.15, 0.2) is 0 Å². The Bertz CT molecular complexity index is 896. The lowest BCUT2D eigenvalue weighted by molar-refractivity contribution is -0.152. The molecule has 0 bridgehead atoms. The van der Waals surface area contributed by atoms with Crippen LogP contribution in [0.2, 0.25) is 0 Å². The van der Waals surface area contributed by atoms with Crippen molar-refractivity contribution >= 4 is 59.3 Å². The van der Waals surface area contributed by atoms with E-state index in [0.29, 0.717) is 0 Å². The average molecular weight is 558 g/mol. The van der Waals surface area contributed by atoms with Gasteiger partial charge < -0.3 is 52.3 Å². The number of carbonyl (C=O) groups excluding carboxylic acids is 2. The van der Waals surface area contributed by atoms with E-state index in [0.717, 1.165) is 0 Å². The molecule has 20 heteroatoms. The number of carbonyl (C=O) groups is 10. The van der Waals surface area contributed by atoms with Crippen LogP contribution < -0.4 is 11.5 Å². The minimum atomic E-state index is -1.71. The maximum Gasteiger partial charge on any atom is 0.372 e. The first kappa shape index (κ1) is 40.2. The number of carboxylic acid groups (broad SMARTS) is 8. The number of ketones is 2. The molecule has 0 unspecified atom stereocenters. The molecule has 0 aromatic rings. The molecule has 20 nitrogen and oxygen atoms in total. The highest BCUT2D eigenvalue weighted by Gasteiger charge is 2.15. The molecule has 0 aromatic heterocycles. The Morgan fingerprint density at radius 1 is 0.474 bits per heavy atom. The number of carboxylic acids is 8. The molecule has 0 spiro atoms. The van der Waals surface area contributed by atoms with Crippen LogP contribution in [0.5, 0.6) is 0 Å². The fourth-order valence-electron chi connectivity index (χ4n) is 1.22. The van der Waals surface area contributed by atoms with E-state index in [2.05, 4.69) is 0 Å². The lowest BCUT2D eigenvalue weighted by Crippen LogP contribution is -2.32. The predicted molar refractivity (Wildman–Crippen MR) is 115 cm³/mol. The van der Waals surface area contributed by atoms with Crippen LogP contribution >= 0.6 is 0 Å². The van der Waals surface area contributed by atoms with Crippen molar-refractivity contribution in [3.63, 3.8) is 0 Å². The number of hydrogen-bond donors (Lipinski definition) is 10. The molecule has 0 heterocycles. The van der Waals surface area contributed by atoms with Crippen molar-refractivity contribution in [1.29, 1.82) is 0 Å². The summed E-state index contributed by atoms with van der Waals surface area (Å²) in [5.41, 5.74) is 9.84. The second-order valence-corrected chi connectivity index (χ2v) is 6.34. The molecule has 216 valence electrons. The Morgan fingerprint density at radius 2 is 0.868 bits per heavy atom. The van der Waals surface area contributed by atoms with Gasteiger partial charge in [-0.25, -0.2) is 9.59 Å². The molecule has 0 aliphatic rings. The molecular formula is C18H26N2O18. The van der Waals surface area contributed by atoms with Crippen molar-refractivity contribution in [2.45, 2.75) is 50.6 Å². The van der Waals surface area contributed by atoms with Crippen LogP contribution in [0.1, 0.15) is 38.5 Å². The fraction of sp³-hybridized carbons (Fsp3) is 0.444. The molecule has 0 saturated heterocycles. The summed E-state index contributed by atoms with van der Waals surface area (Å²) in [5.74, 6) is -13.0. The van der Waals surface area contributed by atoms with Crippen molar-refractivity contribution in [3.8, 4) is 0 Å². The van der Waals surface area contributed by atoms with Gasteiger partial charge in [0.05, 0.1) is 12.8 Å². The molecule has 2 atom stereocenters. The van der Waals surface area contributed by atoms with Crippen molar-refractivity contribution in [1.82, 2.24) is 0 Å². The molecule has 0 aliphatic carbocycles. The Balaban J connectivity index is -0.000000203. The summed E-state index contributed by atoms with van der Waals surface area (Å²) in [6.45, 7) is 0. The van der Waals surface area contributed by atoms with Crippen LogP contribution in [-0.2, 0) is 47.9 Å². The van der Waals surface area contributed by atoms with Crippen LogP contribution in [0.3, 0.4) is 0 Å². The summed E-state index contributed by atoms with van der Waals surface area (Å²) in [5, 5.41) is 63.9. The lowest BCUT2D eigenvalue weighted by Gasteiger charge is -2.01. The topological polar surface area (TPSA) is 385 Å². The van der Waals surface area contributed by atoms with Crippen molar-refractivity contribution < 1.29 is 88.8 Å². The minimum absolute atomic E-state index is 0.0231. The van der Waals surface area contributed by atoms with E-state index in [1.165, 1.54) is 0 Å². The van der Waals surface area contributed by atoms with Gasteiger partial charge in [-0.15, -0.1) is 0 Å². The normalized spacial score (nSPS) is 10.6. The first-order chi connectivity index (χ1) is 17.1. The molecule has 0 amide bonds. The zero-order valence-electron chi connectivity index (χ0n) is 19.2. The van der Waals surface area contributed by atoms with Crippen molar-refractivity contribution in [3.05, 3.63) is 0 Å². The molecule has 0 rings (SSSR count). The summed E-state index contributed by atoms with van der Waals surface area (Å²) in [6, 6.07) is -2.35. The molecule has 12 N–H and O–H groups in total. The average Bonchev–Trinajstić information content (AvgIpc) is 2.75. The molecule has 38 heavy (non-hydrogen) atoms. The molecule has 0 radical (unpaired) electrons. The van der Waals surface area contributed by atoms with Gasteiger partial charge >= 0.3 is 47.8 Å². The van der Waals surface area contributed by atoms with E-state index in [-0.39, 0.29) is 12.8 Å². The van der Waals surface area contributed by atoms with E-state index in [9.17, 15) is 47.9 Å². The van der Waals surface area contributed by atoms with Crippen LogP contribution in [0.25, 0.3) is 0 Å². The highest BCUT2D eigenvalue weighted by Crippen LogP contribution is 1.93. The molecule has 0 aliphatic heterocycles. The number of nitrogens with two attached hydrogens (primary N) is 2. The third-order valence-electron chi connectivity index (χ3n) is 3.05. The van der Waals surface area contributed by atoms with Gasteiger partial charge in [-0.05, 0) is 6.42 Å². The second kappa shape index (κ2) is 22.5. The van der Waals surface area contributed by atoms with Crippen LogP contribution in [0, 0.1) is 0 Å². The van der Waals surface area contributed by atoms with Gasteiger partial charge in [0, 0.05) is 12.8 Å². The number of aliphatic carboxylic acids is 8. The van der Waals surface area contributed by atoms with Gasteiger partial charge in [0.25, 0.3) is 5.78 Å². The standard InChI is InChI=1S/C5H9NO4.C5H6O5.C4H7NO4.C4H4O5/c2*6-3(5(9)10)1-2-4(7)8;2*5-2(4(8)9)1-3(6)7/h3H,1-2,6H2,(H,7,8)(H,9,10);1-2H2,(H,7,8)(H,9,10);2H,1,5H2,(H,6,7)(H,8,9);1H2,(H,6,7)(H,8,9)/t3-;;2-;/m0.0./s1.